The summed E-state index contributed by atoms with van der Waals surface area (Å²) in [5, 5.41) is 9.10. The minimum atomic E-state index is 0.249. The molecule has 3 heterocycles. The van der Waals surface area contributed by atoms with E-state index in [0.717, 1.165) is 23.5 Å². The van der Waals surface area contributed by atoms with Crippen molar-refractivity contribution in [3.05, 3.63) is 82.8 Å². The van der Waals surface area contributed by atoms with E-state index in [-0.39, 0.29) is 6.04 Å². The maximum Gasteiger partial charge on any atom is 0.0924 e. The predicted octanol–water partition coefficient (Wildman–Crippen LogP) is 4.50. The summed E-state index contributed by atoms with van der Waals surface area (Å²) < 4.78 is 0. The molecule has 0 saturated heterocycles. The van der Waals surface area contributed by atoms with Gasteiger partial charge in [0, 0.05) is 17.5 Å². The third kappa shape index (κ3) is 2.42. The fourth-order valence-corrected chi connectivity index (χ4v) is 3.53. The van der Waals surface area contributed by atoms with E-state index in [9.17, 15) is 0 Å². The van der Waals surface area contributed by atoms with Gasteiger partial charge < -0.3 is 0 Å². The molecule has 4 heteroatoms. The zero-order chi connectivity index (χ0) is 14.8. The lowest BCUT2D eigenvalue weighted by molar-refractivity contribution is 0.722. The van der Waals surface area contributed by atoms with E-state index < -0.39 is 0 Å². The Kier molecular flexibility index (Phi) is 3.45. The SMILES string of the molecule is c1ccc(N2N=C(c3ccccn3)C[C@H]2c2cccs2)cc1. The molecule has 0 spiro atoms. The number of nitrogens with zero attached hydrogens (tertiary/aromatic N) is 3. The maximum absolute atomic E-state index is 4.86. The first-order valence-corrected chi connectivity index (χ1v) is 8.16. The Hall–Kier alpha value is -2.46. The molecule has 3 nitrogen and oxygen atoms in total. The molecule has 2 aromatic heterocycles. The van der Waals surface area contributed by atoms with Crippen LogP contribution in [-0.2, 0) is 0 Å². The lowest BCUT2D eigenvalue weighted by Gasteiger charge is -2.22. The third-order valence-electron chi connectivity index (χ3n) is 3.76. The molecule has 0 amide bonds. The third-order valence-corrected chi connectivity index (χ3v) is 4.74. The number of pyridine rings is 1. The lowest BCUT2D eigenvalue weighted by atomic mass is 10.1. The highest BCUT2D eigenvalue weighted by atomic mass is 32.1. The fourth-order valence-electron chi connectivity index (χ4n) is 2.72. The summed E-state index contributed by atoms with van der Waals surface area (Å²) in [4.78, 5) is 5.78. The van der Waals surface area contributed by atoms with Crippen LogP contribution >= 0.6 is 11.3 Å². The Morgan fingerprint density at radius 2 is 1.82 bits per heavy atom. The van der Waals surface area contributed by atoms with Crippen molar-refractivity contribution >= 4 is 22.7 Å². The number of rotatable bonds is 3. The van der Waals surface area contributed by atoms with Gasteiger partial charge in [0.15, 0.2) is 0 Å². The fraction of sp³-hybridized carbons (Fsp3) is 0.111. The molecule has 22 heavy (non-hydrogen) atoms. The molecular weight excluding hydrogens is 290 g/mol. The maximum atomic E-state index is 4.86. The molecule has 0 aliphatic carbocycles. The average molecular weight is 305 g/mol. The minimum absolute atomic E-state index is 0.249. The minimum Gasteiger partial charge on any atom is -0.257 e. The van der Waals surface area contributed by atoms with Gasteiger partial charge in [-0.3, -0.25) is 9.99 Å². The van der Waals surface area contributed by atoms with E-state index in [1.54, 1.807) is 11.3 Å². The molecule has 4 rings (SSSR count). The first-order chi connectivity index (χ1) is 10.9. The molecule has 3 aromatic rings. The largest absolute Gasteiger partial charge is 0.257 e. The smallest absolute Gasteiger partial charge is 0.0924 e. The Bertz CT molecular complexity index is 767. The molecule has 108 valence electrons. The van der Waals surface area contributed by atoms with Gasteiger partial charge in [0.05, 0.1) is 23.1 Å². The zero-order valence-corrected chi connectivity index (χ0v) is 12.8. The molecule has 1 atom stereocenters. The first-order valence-electron chi connectivity index (χ1n) is 7.28. The number of hydrazone groups is 1. The first kappa shape index (κ1) is 13.2. The highest BCUT2D eigenvalue weighted by Crippen LogP contribution is 2.37. The topological polar surface area (TPSA) is 28.5 Å². The number of para-hydroxylation sites is 1. The number of hydrogen-bond donors (Lipinski definition) is 0. The van der Waals surface area contributed by atoms with Gasteiger partial charge in [-0.05, 0) is 35.7 Å². The van der Waals surface area contributed by atoms with Crippen LogP contribution < -0.4 is 5.01 Å². The number of aromatic nitrogens is 1. The molecule has 0 radical (unpaired) electrons. The molecule has 0 fully saturated rings. The van der Waals surface area contributed by atoms with Crippen molar-refractivity contribution in [3.63, 3.8) is 0 Å². The van der Waals surface area contributed by atoms with Gasteiger partial charge in [0.25, 0.3) is 0 Å². The number of thiophene rings is 1. The summed E-state index contributed by atoms with van der Waals surface area (Å²) in [6.07, 6.45) is 2.70. The van der Waals surface area contributed by atoms with Crippen molar-refractivity contribution < 1.29 is 0 Å². The highest BCUT2D eigenvalue weighted by molar-refractivity contribution is 7.10. The summed E-state index contributed by atoms with van der Waals surface area (Å²) in [5.41, 5.74) is 3.12. The van der Waals surface area contributed by atoms with Crippen LogP contribution in [0.25, 0.3) is 0 Å². The second-order valence-electron chi connectivity index (χ2n) is 5.18. The second-order valence-corrected chi connectivity index (χ2v) is 6.16. The number of anilines is 1. The van der Waals surface area contributed by atoms with E-state index in [1.165, 1.54) is 4.88 Å². The Labute approximate surface area is 133 Å². The van der Waals surface area contributed by atoms with E-state index in [1.807, 2.05) is 30.5 Å². The Morgan fingerprint density at radius 3 is 2.55 bits per heavy atom. The van der Waals surface area contributed by atoms with Crippen molar-refractivity contribution in [3.8, 4) is 0 Å². The summed E-state index contributed by atoms with van der Waals surface area (Å²) >= 11 is 1.78. The van der Waals surface area contributed by atoms with Crippen molar-refractivity contribution in [2.24, 2.45) is 5.10 Å². The zero-order valence-electron chi connectivity index (χ0n) is 12.0. The molecule has 1 aromatic carbocycles. The van der Waals surface area contributed by atoms with Gasteiger partial charge in [-0.15, -0.1) is 11.3 Å². The average Bonchev–Trinajstić information content (AvgIpc) is 3.26. The van der Waals surface area contributed by atoms with Crippen molar-refractivity contribution in [2.45, 2.75) is 12.5 Å². The van der Waals surface area contributed by atoms with Crippen molar-refractivity contribution in [1.82, 2.24) is 4.98 Å². The monoisotopic (exact) mass is 305 g/mol. The standard InChI is InChI=1S/C18H15N3S/c1-2-7-14(8-3-1)21-17(18-10-6-12-22-18)13-16(20-21)15-9-4-5-11-19-15/h1-12,17H,13H2/t17-/m0/s1. The van der Waals surface area contributed by atoms with Crippen LogP contribution in [0.2, 0.25) is 0 Å². The van der Waals surface area contributed by atoms with Crippen LogP contribution in [0.1, 0.15) is 23.0 Å². The lowest BCUT2D eigenvalue weighted by Crippen LogP contribution is -2.17. The van der Waals surface area contributed by atoms with E-state index in [2.05, 4.69) is 51.8 Å². The number of hydrogen-bond acceptors (Lipinski definition) is 4. The van der Waals surface area contributed by atoms with Crippen LogP contribution in [0, 0.1) is 0 Å². The van der Waals surface area contributed by atoms with Gasteiger partial charge in [0.1, 0.15) is 0 Å². The van der Waals surface area contributed by atoms with Gasteiger partial charge in [-0.2, -0.15) is 5.10 Å². The van der Waals surface area contributed by atoms with Crippen LogP contribution in [0.15, 0.2) is 77.3 Å². The summed E-state index contributed by atoms with van der Waals surface area (Å²) in [5.74, 6) is 0. The van der Waals surface area contributed by atoms with Crippen LogP contribution in [0.4, 0.5) is 5.69 Å². The quantitative estimate of drug-likeness (QED) is 0.713. The molecule has 0 bridgehead atoms. The number of benzene rings is 1. The van der Waals surface area contributed by atoms with E-state index >= 15 is 0 Å². The van der Waals surface area contributed by atoms with Crippen molar-refractivity contribution in [2.75, 3.05) is 5.01 Å². The molecule has 1 aliphatic heterocycles. The Morgan fingerprint density at radius 1 is 0.955 bits per heavy atom. The van der Waals surface area contributed by atoms with Gasteiger partial charge in [-0.25, -0.2) is 0 Å². The summed E-state index contributed by atoms with van der Waals surface area (Å²) in [6.45, 7) is 0. The second kappa shape index (κ2) is 5.73. The molecular formula is C18H15N3S. The normalized spacial score (nSPS) is 17.5. The molecule has 1 aliphatic rings. The van der Waals surface area contributed by atoms with Crippen LogP contribution in [-0.4, -0.2) is 10.7 Å². The van der Waals surface area contributed by atoms with E-state index in [4.69, 9.17) is 5.10 Å². The van der Waals surface area contributed by atoms with Gasteiger partial charge in [0.2, 0.25) is 0 Å². The van der Waals surface area contributed by atoms with Crippen LogP contribution in [0.5, 0.6) is 0 Å². The predicted molar refractivity (Wildman–Crippen MR) is 91.4 cm³/mol. The molecule has 0 saturated carbocycles. The van der Waals surface area contributed by atoms with Crippen molar-refractivity contribution in [1.29, 1.82) is 0 Å². The van der Waals surface area contributed by atoms with Gasteiger partial charge in [-0.1, -0.05) is 30.3 Å². The van der Waals surface area contributed by atoms with Gasteiger partial charge >= 0.3 is 0 Å². The van der Waals surface area contributed by atoms with E-state index in [0.29, 0.717) is 0 Å². The summed E-state index contributed by atoms with van der Waals surface area (Å²) in [7, 11) is 0. The summed E-state index contributed by atoms with van der Waals surface area (Å²) in [6, 6.07) is 20.8. The van der Waals surface area contributed by atoms with Crippen LogP contribution in [0.3, 0.4) is 0 Å². The molecule has 0 N–H and O–H groups in total. The molecule has 0 unspecified atom stereocenters. The highest BCUT2D eigenvalue weighted by Gasteiger charge is 2.30. The Balaban J connectivity index is 1.75.